The molecule has 2 N–H and O–H groups in total. The van der Waals surface area contributed by atoms with Crippen molar-refractivity contribution in [1.82, 2.24) is 20.3 Å². The second-order valence-electron chi connectivity index (χ2n) is 5.62. The molecule has 25 heavy (non-hydrogen) atoms. The maximum Gasteiger partial charge on any atom is 0.270 e. The number of rotatable bonds is 6. The van der Waals surface area contributed by atoms with E-state index in [9.17, 15) is 4.79 Å². The van der Waals surface area contributed by atoms with E-state index in [1.807, 2.05) is 43.3 Å². The van der Waals surface area contributed by atoms with Crippen LogP contribution in [0.15, 0.2) is 61.1 Å². The van der Waals surface area contributed by atoms with Crippen molar-refractivity contribution in [3.05, 3.63) is 77.9 Å². The molecule has 6 nitrogen and oxygen atoms in total. The fourth-order valence-electron chi connectivity index (χ4n) is 2.27. The Balaban J connectivity index is 1.58. The third kappa shape index (κ3) is 4.84. The van der Waals surface area contributed by atoms with Gasteiger partial charge in [-0.05, 0) is 43.2 Å². The quantitative estimate of drug-likeness (QED) is 0.725. The van der Waals surface area contributed by atoms with Crippen molar-refractivity contribution in [1.29, 1.82) is 0 Å². The van der Waals surface area contributed by atoms with Crippen LogP contribution in [0.1, 0.15) is 21.6 Å². The van der Waals surface area contributed by atoms with Crippen molar-refractivity contribution < 1.29 is 4.79 Å². The molecule has 0 saturated carbocycles. The molecule has 0 aliphatic rings. The first-order valence-corrected chi connectivity index (χ1v) is 8.04. The summed E-state index contributed by atoms with van der Waals surface area (Å²) in [6.45, 7) is 2.55. The Hall–Kier alpha value is -3.28. The highest BCUT2D eigenvalue weighted by Crippen LogP contribution is 2.13. The largest absolute Gasteiger partial charge is 0.350 e. The zero-order valence-corrected chi connectivity index (χ0v) is 13.9. The summed E-state index contributed by atoms with van der Waals surface area (Å²) in [4.78, 5) is 24.7. The van der Waals surface area contributed by atoms with E-state index in [1.165, 1.54) is 5.56 Å². The maximum absolute atomic E-state index is 12.2. The normalized spacial score (nSPS) is 10.3. The SMILES string of the molecule is Cc1ccc(Nc2nccc(C(=O)NCCc3cccnc3)n2)cc1. The first-order chi connectivity index (χ1) is 12.2. The summed E-state index contributed by atoms with van der Waals surface area (Å²) in [5.41, 5.74) is 3.45. The zero-order valence-electron chi connectivity index (χ0n) is 13.9. The lowest BCUT2D eigenvalue weighted by Gasteiger charge is -2.07. The van der Waals surface area contributed by atoms with Crippen molar-refractivity contribution in [2.45, 2.75) is 13.3 Å². The van der Waals surface area contributed by atoms with Crippen molar-refractivity contribution in [3.8, 4) is 0 Å². The second-order valence-corrected chi connectivity index (χ2v) is 5.62. The van der Waals surface area contributed by atoms with Crippen molar-refractivity contribution in [3.63, 3.8) is 0 Å². The predicted octanol–water partition coefficient (Wildman–Crippen LogP) is 2.90. The van der Waals surface area contributed by atoms with Gasteiger partial charge < -0.3 is 10.6 Å². The number of hydrogen-bond acceptors (Lipinski definition) is 5. The highest BCUT2D eigenvalue weighted by Gasteiger charge is 2.08. The van der Waals surface area contributed by atoms with Crippen molar-refractivity contribution in [2.75, 3.05) is 11.9 Å². The Labute approximate surface area is 146 Å². The third-order valence-electron chi connectivity index (χ3n) is 3.62. The fraction of sp³-hybridized carbons (Fsp3) is 0.158. The van der Waals surface area contributed by atoms with Gasteiger partial charge in [-0.25, -0.2) is 9.97 Å². The van der Waals surface area contributed by atoms with Gasteiger partial charge in [0.1, 0.15) is 5.69 Å². The van der Waals surface area contributed by atoms with E-state index >= 15 is 0 Å². The van der Waals surface area contributed by atoms with Gasteiger partial charge in [-0.1, -0.05) is 23.8 Å². The fourth-order valence-corrected chi connectivity index (χ4v) is 2.27. The maximum atomic E-state index is 12.2. The van der Waals surface area contributed by atoms with E-state index in [1.54, 1.807) is 24.7 Å². The highest BCUT2D eigenvalue weighted by atomic mass is 16.1. The number of anilines is 2. The number of benzene rings is 1. The van der Waals surface area contributed by atoms with E-state index in [2.05, 4.69) is 25.6 Å². The van der Waals surface area contributed by atoms with E-state index < -0.39 is 0 Å². The number of aryl methyl sites for hydroxylation is 1. The summed E-state index contributed by atoms with van der Waals surface area (Å²) in [6, 6.07) is 13.3. The molecule has 3 rings (SSSR count). The summed E-state index contributed by atoms with van der Waals surface area (Å²) in [6.07, 6.45) is 5.81. The molecule has 0 unspecified atom stereocenters. The summed E-state index contributed by atoms with van der Waals surface area (Å²) in [5.74, 6) is 0.169. The number of nitrogens with zero attached hydrogens (tertiary/aromatic N) is 3. The highest BCUT2D eigenvalue weighted by molar-refractivity contribution is 5.92. The Kier molecular flexibility index (Phi) is 5.31. The summed E-state index contributed by atoms with van der Waals surface area (Å²) >= 11 is 0. The summed E-state index contributed by atoms with van der Waals surface area (Å²) in [7, 11) is 0. The molecule has 2 heterocycles. The summed E-state index contributed by atoms with van der Waals surface area (Å²) < 4.78 is 0. The van der Waals surface area contributed by atoms with Crippen LogP contribution in [0.4, 0.5) is 11.6 Å². The van der Waals surface area contributed by atoms with E-state index in [0.717, 1.165) is 17.7 Å². The first kappa shape index (κ1) is 16.6. The number of carbonyl (C=O) groups is 1. The van der Waals surface area contributed by atoms with Crippen molar-refractivity contribution in [2.24, 2.45) is 0 Å². The lowest BCUT2D eigenvalue weighted by Crippen LogP contribution is -2.26. The molecule has 3 aromatic rings. The van der Waals surface area contributed by atoms with E-state index in [4.69, 9.17) is 0 Å². The molecule has 1 aromatic carbocycles. The molecule has 1 amide bonds. The van der Waals surface area contributed by atoms with Gasteiger partial charge in [0.05, 0.1) is 0 Å². The van der Waals surface area contributed by atoms with Gasteiger partial charge in [-0.3, -0.25) is 9.78 Å². The van der Waals surface area contributed by atoms with Crippen LogP contribution >= 0.6 is 0 Å². The van der Waals surface area contributed by atoms with Gasteiger partial charge in [0.15, 0.2) is 0 Å². The number of aromatic nitrogens is 3. The lowest BCUT2D eigenvalue weighted by molar-refractivity contribution is 0.0949. The molecule has 0 atom stereocenters. The number of pyridine rings is 1. The molecule has 126 valence electrons. The molecule has 0 radical (unpaired) electrons. The lowest BCUT2D eigenvalue weighted by atomic mass is 10.2. The van der Waals surface area contributed by atoms with Gasteiger partial charge in [-0.15, -0.1) is 0 Å². The van der Waals surface area contributed by atoms with Crippen LogP contribution in [0.5, 0.6) is 0 Å². The average molecular weight is 333 g/mol. The Bertz CT molecular complexity index is 834. The van der Waals surface area contributed by atoms with Gasteiger partial charge in [0.2, 0.25) is 5.95 Å². The van der Waals surface area contributed by atoms with Crippen LogP contribution < -0.4 is 10.6 Å². The van der Waals surface area contributed by atoms with Crippen LogP contribution in [0.25, 0.3) is 0 Å². The van der Waals surface area contributed by atoms with Crippen LogP contribution in [0, 0.1) is 6.92 Å². The number of hydrogen-bond donors (Lipinski definition) is 2. The van der Waals surface area contributed by atoms with Crippen LogP contribution in [0.3, 0.4) is 0 Å². The number of carbonyl (C=O) groups excluding carboxylic acids is 1. The first-order valence-electron chi connectivity index (χ1n) is 8.04. The monoisotopic (exact) mass is 333 g/mol. The van der Waals surface area contributed by atoms with Gasteiger partial charge in [-0.2, -0.15) is 0 Å². The second kappa shape index (κ2) is 8.01. The zero-order chi connectivity index (χ0) is 17.5. The molecule has 0 saturated heterocycles. The summed E-state index contributed by atoms with van der Waals surface area (Å²) in [5, 5.41) is 5.96. The van der Waals surface area contributed by atoms with Crippen LogP contribution in [0.2, 0.25) is 0 Å². The molecule has 0 fully saturated rings. The Morgan fingerprint density at radius 3 is 2.68 bits per heavy atom. The minimum Gasteiger partial charge on any atom is -0.350 e. The molecule has 0 aliphatic carbocycles. The minimum atomic E-state index is -0.224. The Morgan fingerprint density at radius 2 is 1.92 bits per heavy atom. The molecule has 0 bridgehead atoms. The molecule has 0 aliphatic heterocycles. The molecular weight excluding hydrogens is 314 g/mol. The van der Waals surface area contributed by atoms with Crippen LogP contribution in [-0.4, -0.2) is 27.4 Å². The molecule has 6 heteroatoms. The van der Waals surface area contributed by atoms with Gasteiger partial charge >= 0.3 is 0 Å². The van der Waals surface area contributed by atoms with E-state index in [-0.39, 0.29) is 5.91 Å². The topological polar surface area (TPSA) is 79.8 Å². The van der Waals surface area contributed by atoms with Gasteiger partial charge in [0.25, 0.3) is 5.91 Å². The average Bonchev–Trinajstić information content (AvgIpc) is 2.65. The number of nitrogens with one attached hydrogen (secondary N) is 2. The third-order valence-corrected chi connectivity index (χ3v) is 3.62. The van der Waals surface area contributed by atoms with Crippen LogP contribution in [-0.2, 0) is 6.42 Å². The standard InChI is InChI=1S/C19H19N5O/c1-14-4-6-16(7-5-14)23-19-22-12-9-17(24-19)18(25)21-11-8-15-3-2-10-20-13-15/h2-7,9-10,12-13H,8,11H2,1H3,(H,21,25)(H,22,23,24). The van der Waals surface area contributed by atoms with Crippen molar-refractivity contribution >= 4 is 17.5 Å². The minimum absolute atomic E-state index is 0.224. The number of amides is 1. The van der Waals surface area contributed by atoms with Gasteiger partial charge in [0, 0.05) is 30.8 Å². The smallest absolute Gasteiger partial charge is 0.270 e. The molecule has 0 spiro atoms. The predicted molar refractivity (Wildman–Crippen MR) is 96.8 cm³/mol. The Morgan fingerprint density at radius 1 is 1.08 bits per heavy atom. The molecule has 2 aromatic heterocycles. The van der Waals surface area contributed by atoms with E-state index in [0.29, 0.717) is 18.2 Å². The molecular formula is C19H19N5O.